The molecule has 1 atom stereocenters. The molecule has 0 radical (unpaired) electrons. The lowest BCUT2D eigenvalue weighted by Crippen LogP contribution is -2.00. The number of hydrogen-bond acceptors (Lipinski definition) is 5. The fraction of sp³-hybridized carbons (Fsp3) is 0. The first kappa shape index (κ1) is 14.0. The number of azo groups is 1. The van der Waals surface area contributed by atoms with Crippen molar-refractivity contribution in [3.63, 3.8) is 0 Å². The number of benzene rings is 2. The van der Waals surface area contributed by atoms with Crippen LogP contribution in [0.3, 0.4) is 0 Å². The standard InChI is InChI=1S/C12H13N5O2S/c13-8-1-6-12(11(14)7-8)16-15-9-2-4-10(5-3-9)17-20(18)19/h1-7,17H,13-14H2,(H,18,19). The third kappa shape index (κ3) is 3.77. The molecule has 7 nitrogen and oxygen atoms in total. The molecular formula is C12H13N5O2S. The van der Waals surface area contributed by atoms with Crippen molar-refractivity contribution < 1.29 is 8.76 Å². The van der Waals surface area contributed by atoms with E-state index in [1.807, 2.05) is 0 Å². The first-order chi connectivity index (χ1) is 9.54. The van der Waals surface area contributed by atoms with Gasteiger partial charge in [0.15, 0.2) is 0 Å². The van der Waals surface area contributed by atoms with Gasteiger partial charge in [-0.1, -0.05) is 0 Å². The number of nitrogens with two attached hydrogens (primary N) is 2. The number of hydrogen-bond donors (Lipinski definition) is 4. The predicted octanol–water partition coefficient (Wildman–Crippen LogP) is 2.82. The normalized spacial score (nSPS) is 12.4. The van der Waals surface area contributed by atoms with E-state index in [1.54, 1.807) is 42.5 Å². The highest BCUT2D eigenvalue weighted by molar-refractivity contribution is 7.80. The number of nitrogens with one attached hydrogen (secondary N) is 1. The maximum Gasteiger partial charge on any atom is 0.259 e. The van der Waals surface area contributed by atoms with E-state index in [1.165, 1.54) is 0 Å². The third-order valence-corrected chi connectivity index (χ3v) is 2.81. The van der Waals surface area contributed by atoms with Gasteiger partial charge in [-0.3, -0.25) is 9.27 Å². The molecular weight excluding hydrogens is 278 g/mol. The van der Waals surface area contributed by atoms with Crippen LogP contribution >= 0.6 is 0 Å². The van der Waals surface area contributed by atoms with E-state index in [9.17, 15) is 4.21 Å². The highest BCUT2D eigenvalue weighted by Gasteiger charge is 1.99. The zero-order chi connectivity index (χ0) is 14.5. The van der Waals surface area contributed by atoms with Gasteiger partial charge in [-0.2, -0.15) is 5.11 Å². The van der Waals surface area contributed by atoms with E-state index in [4.69, 9.17) is 16.0 Å². The first-order valence-corrected chi connectivity index (χ1v) is 6.69. The fourth-order valence-corrected chi connectivity index (χ4v) is 1.81. The number of nitrogen functional groups attached to an aromatic ring is 2. The minimum atomic E-state index is -2.09. The summed E-state index contributed by atoms with van der Waals surface area (Å²) in [6.07, 6.45) is 0. The summed E-state index contributed by atoms with van der Waals surface area (Å²) in [4.78, 5) is 0. The molecule has 0 amide bonds. The minimum Gasteiger partial charge on any atom is -0.399 e. The highest BCUT2D eigenvalue weighted by atomic mass is 32.2. The van der Waals surface area contributed by atoms with Crippen molar-refractivity contribution in [3.8, 4) is 0 Å². The van der Waals surface area contributed by atoms with Crippen LogP contribution in [0.15, 0.2) is 52.7 Å². The summed E-state index contributed by atoms with van der Waals surface area (Å²) in [5, 5.41) is 8.05. The van der Waals surface area contributed by atoms with Crippen LogP contribution in [0.25, 0.3) is 0 Å². The lowest BCUT2D eigenvalue weighted by atomic mass is 10.2. The second-order valence-corrected chi connectivity index (χ2v) is 4.62. The quantitative estimate of drug-likeness (QED) is 0.392. The van der Waals surface area contributed by atoms with Crippen LogP contribution in [0.2, 0.25) is 0 Å². The molecule has 2 aromatic rings. The Kier molecular flexibility index (Phi) is 4.28. The molecule has 0 saturated carbocycles. The van der Waals surface area contributed by atoms with Gasteiger partial charge >= 0.3 is 0 Å². The molecule has 0 heterocycles. The fourth-order valence-electron chi connectivity index (χ4n) is 1.47. The molecule has 0 spiro atoms. The van der Waals surface area contributed by atoms with Crippen molar-refractivity contribution in [2.75, 3.05) is 16.2 Å². The van der Waals surface area contributed by atoms with Gasteiger partial charge in [0, 0.05) is 11.4 Å². The lowest BCUT2D eigenvalue weighted by molar-refractivity contribution is 0.570. The Morgan fingerprint density at radius 1 is 1.05 bits per heavy atom. The van der Waals surface area contributed by atoms with Gasteiger partial charge in [-0.05, 0) is 42.5 Å². The van der Waals surface area contributed by atoms with Crippen LogP contribution in [-0.4, -0.2) is 8.76 Å². The van der Waals surface area contributed by atoms with Crippen molar-refractivity contribution in [1.82, 2.24) is 0 Å². The van der Waals surface area contributed by atoms with E-state index in [0.717, 1.165) is 0 Å². The number of rotatable bonds is 4. The van der Waals surface area contributed by atoms with Crippen LogP contribution in [0.5, 0.6) is 0 Å². The SMILES string of the molecule is Nc1ccc(N=Nc2ccc(NS(=O)O)cc2)c(N)c1. The van der Waals surface area contributed by atoms with Crippen LogP contribution < -0.4 is 16.2 Å². The lowest BCUT2D eigenvalue weighted by Gasteiger charge is -2.01. The van der Waals surface area contributed by atoms with E-state index in [-0.39, 0.29) is 0 Å². The Balaban J connectivity index is 2.13. The Hall–Kier alpha value is -2.45. The summed E-state index contributed by atoms with van der Waals surface area (Å²) in [5.74, 6) is 0. The monoisotopic (exact) mass is 291 g/mol. The van der Waals surface area contributed by atoms with Crippen LogP contribution in [0, 0.1) is 0 Å². The van der Waals surface area contributed by atoms with Gasteiger partial charge in [-0.25, -0.2) is 4.21 Å². The Labute approximate surface area is 118 Å². The van der Waals surface area contributed by atoms with Crippen molar-refractivity contribution in [1.29, 1.82) is 0 Å². The van der Waals surface area contributed by atoms with Crippen LogP contribution in [0.1, 0.15) is 0 Å². The van der Waals surface area contributed by atoms with Gasteiger partial charge in [0.25, 0.3) is 11.3 Å². The van der Waals surface area contributed by atoms with Gasteiger partial charge in [0.2, 0.25) is 0 Å². The van der Waals surface area contributed by atoms with Crippen molar-refractivity contribution in [2.45, 2.75) is 0 Å². The maximum atomic E-state index is 10.6. The second kappa shape index (κ2) is 6.13. The van der Waals surface area contributed by atoms with Crippen LogP contribution in [-0.2, 0) is 11.3 Å². The largest absolute Gasteiger partial charge is 0.399 e. The molecule has 0 aliphatic carbocycles. The zero-order valence-electron chi connectivity index (χ0n) is 10.4. The van der Waals surface area contributed by atoms with Gasteiger partial charge in [-0.15, -0.1) is 5.11 Å². The number of nitrogens with zero attached hydrogens (tertiary/aromatic N) is 2. The van der Waals surface area contributed by atoms with Gasteiger partial charge < -0.3 is 11.5 Å². The molecule has 1 unspecified atom stereocenters. The van der Waals surface area contributed by atoms with E-state index >= 15 is 0 Å². The Morgan fingerprint density at radius 3 is 2.35 bits per heavy atom. The Bertz CT molecular complexity index is 657. The van der Waals surface area contributed by atoms with E-state index < -0.39 is 11.3 Å². The molecule has 8 heteroatoms. The molecule has 0 aliphatic heterocycles. The smallest absolute Gasteiger partial charge is 0.259 e. The number of anilines is 3. The molecule has 0 aliphatic rings. The average molecular weight is 291 g/mol. The summed E-state index contributed by atoms with van der Waals surface area (Å²) in [5.41, 5.74) is 14.0. The predicted molar refractivity (Wildman–Crippen MR) is 80.3 cm³/mol. The van der Waals surface area contributed by atoms with Crippen molar-refractivity contribution >= 4 is 39.7 Å². The molecule has 0 aromatic heterocycles. The summed E-state index contributed by atoms with van der Waals surface area (Å²) < 4.78 is 21.6. The third-order valence-electron chi connectivity index (χ3n) is 2.40. The van der Waals surface area contributed by atoms with Gasteiger partial charge in [0.05, 0.1) is 11.4 Å². The van der Waals surface area contributed by atoms with Crippen LogP contribution in [0.4, 0.5) is 28.4 Å². The van der Waals surface area contributed by atoms with E-state index in [2.05, 4.69) is 15.0 Å². The van der Waals surface area contributed by atoms with Crippen molar-refractivity contribution in [3.05, 3.63) is 42.5 Å². The highest BCUT2D eigenvalue weighted by Crippen LogP contribution is 2.26. The van der Waals surface area contributed by atoms with E-state index in [0.29, 0.717) is 28.4 Å². The average Bonchev–Trinajstić information content (AvgIpc) is 2.39. The molecule has 6 N–H and O–H groups in total. The molecule has 0 bridgehead atoms. The zero-order valence-corrected chi connectivity index (χ0v) is 11.2. The van der Waals surface area contributed by atoms with Gasteiger partial charge in [0.1, 0.15) is 5.69 Å². The molecule has 2 rings (SSSR count). The topological polar surface area (TPSA) is 126 Å². The summed E-state index contributed by atoms with van der Waals surface area (Å²) in [6.45, 7) is 0. The molecule has 0 fully saturated rings. The first-order valence-electron chi connectivity index (χ1n) is 5.59. The maximum absolute atomic E-state index is 10.6. The molecule has 104 valence electrons. The Morgan fingerprint density at radius 2 is 1.75 bits per heavy atom. The van der Waals surface area contributed by atoms with Crippen molar-refractivity contribution in [2.24, 2.45) is 10.2 Å². The summed E-state index contributed by atoms with van der Waals surface area (Å²) in [6, 6.07) is 11.5. The molecule has 2 aromatic carbocycles. The second-order valence-electron chi connectivity index (χ2n) is 3.92. The summed E-state index contributed by atoms with van der Waals surface area (Å²) in [7, 11) is 0. The summed E-state index contributed by atoms with van der Waals surface area (Å²) >= 11 is -2.09. The molecule has 0 saturated heterocycles. The minimum absolute atomic E-state index is 0.447. The molecule has 20 heavy (non-hydrogen) atoms.